The van der Waals surface area contributed by atoms with Gasteiger partial charge in [-0.15, -0.1) is 12.3 Å². The molecule has 0 fully saturated rings. The van der Waals surface area contributed by atoms with Crippen LogP contribution in [0.3, 0.4) is 0 Å². The summed E-state index contributed by atoms with van der Waals surface area (Å²) in [4.78, 5) is 4.39. The smallest absolute Gasteiger partial charge is 0.0705 e. The van der Waals surface area contributed by atoms with E-state index in [1.165, 1.54) is 10.9 Å². The number of rotatable bonds is 5. The van der Waals surface area contributed by atoms with Crippen molar-refractivity contribution < 1.29 is 0 Å². The van der Waals surface area contributed by atoms with Gasteiger partial charge in [-0.3, -0.25) is 4.98 Å². The summed E-state index contributed by atoms with van der Waals surface area (Å²) in [6.07, 6.45) is 10.1. The van der Waals surface area contributed by atoms with Crippen molar-refractivity contribution in [2.75, 3.05) is 7.05 Å². The fourth-order valence-corrected chi connectivity index (χ4v) is 2.29. The monoisotopic (exact) mass is 238 g/mol. The van der Waals surface area contributed by atoms with Gasteiger partial charge in [0.15, 0.2) is 0 Å². The van der Waals surface area contributed by atoms with Crippen molar-refractivity contribution in [3.05, 3.63) is 42.1 Å². The summed E-state index contributed by atoms with van der Waals surface area (Å²) in [7, 11) is 2.00. The van der Waals surface area contributed by atoms with E-state index in [4.69, 9.17) is 6.42 Å². The third-order valence-corrected chi connectivity index (χ3v) is 3.22. The highest BCUT2D eigenvalue weighted by molar-refractivity contribution is 5.82. The van der Waals surface area contributed by atoms with Gasteiger partial charge < -0.3 is 5.32 Å². The number of para-hydroxylation sites is 1. The normalized spacial score (nSPS) is 12.2. The zero-order valence-corrected chi connectivity index (χ0v) is 10.7. The number of pyridine rings is 1. The van der Waals surface area contributed by atoms with Gasteiger partial charge in [-0.1, -0.05) is 18.2 Å². The molecule has 0 saturated carbocycles. The molecule has 1 aromatic heterocycles. The number of unbranched alkanes of at least 4 members (excludes halogenated alkanes) is 1. The molecule has 0 aliphatic carbocycles. The lowest BCUT2D eigenvalue weighted by molar-refractivity contribution is 0.535. The molecule has 92 valence electrons. The van der Waals surface area contributed by atoms with E-state index in [0.717, 1.165) is 24.8 Å². The first-order chi connectivity index (χ1) is 8.86. The molecule has 18 heavy (non-hydrogen) atoms. The maximum absolute atomic E-state index is 5.31. The molecule has 1 atom stereocenters. The molecule has 0 bridgehead atoms. The minimum atomic E-state index is 0.339. The Morgan fingerprint density at radius 2 is 2.17 bits per heavy atom. The largest absolute Gasteiger partial charge is 0.313 e. The van der Waals surface area contributed by atoms with Crippen LogP contribution in [0.1, 0.15) is 30.9 Å². The summed E-state index contributed by atoms with van der Waals surface area (Å²) in [6.45, 7) is 0. The van der Waals surface area contributed by atoms with E-state index >= 15 is 0 Å². The van der Waals surface area contributed by atoms with Gasteiger partial charge in [0.2, 0.25) is 0 Å². The van der Waals surface area contributed by atoms with E-state index in [2.05, 4.69) is 34.4 Å². The number of hydrogen-bond acceptors (Lipinski definition) is 2. The Morgan fingerprint density at radius 3 is 2.94 bits per heavy atom. The lowest BCUT2D eigenvalue weighted by atomic mass is 9.98. The van der Waals surface area contributed by atoms with Crippen LogP contribution in [0.15, 0.2) is 36.5 Å². The van der Waals surface area contributed by atoms with Crippen LogP contribution in [0.25, 0.3) is 10.9 Å². The average molecular weight is 238 g/mol. The predicted molar refractivity (Wildman–Crippen MR) is 76.2 cm³/mol. The number of fused-ring (bicyclic) bond motifs is 1. The fourth-order valence-electron chi connectivity index (χ4n) is 2.29. The predicted octanol–water partition coefficient (Wildman–Crippen LogP) is 3.30. The molecular formula is C16H18N2. The molecule has 1 heterocycles. The van der Waals surface area contributed by atoms with Gasteiger partial charge in [-0.25, -0.2) is 0 Å². The summed E-state index contributed by atoms with van der Waals surface area (Å²) in [5.74, 6) is 2.70. The Kier molecular flexibility index (Phi) is 4.33. The molecule has 1 unspecified atom stereocenters. The maximum Gasteiger partial charge on any atom is 0.0705 e. The lowest BCUT2D eigenvalue weighted by Crippen LogP contribution is -2.16. The number of hydrogen-bond donors (Lipinski definition) is 1. The van der Waals surface area contributed by atoms with Gasteiger partial charge in [-0.05, 0) is 37.6 Å². The minimum Gasteiger partial charge on any atom is -0.313 e. The highest BCUT2D eigenvalue weighted by Crippen LogP contribution is 2.25. The topological polar surface area (TPSA) is 24.9 Å². The minimum absolute atomic E-state index is 0.339. The molecule has 2 heteroatoms. The third kappa shape index (κ3) is 2.69. The van der Waals surface area contributed by atoms with Gasteiger partial charge in [0.25, 0.3) is 0 Å². The van der Waals surface area contributed by atoms with E-state index in [1.807, 2.05) is 25.4 Å². The van der Waals surface area contributed by atoms with Crippen molar-refractivity contribution in [3.63, 3.8) is 0 Å². The zero-order chi connectivity index (χ0) is 12.8. The van der Waals surface area contributed by atoms with E-state index in [0.29, 0.717) is 6.04 Å². The number of terminal acetylenes is 1. The van der Waals surface area contributed by atoms with Crippen LogP contribution >= 0.6 is 0 Å². The molecule has 2 nitrogen and oxygen atoms in total. The summed E-state index contributed by atoms with van der Waals surface area (Å²) < 4.78 is 0. The van der Waals surface area contributed by atoms with E-state index in [-0.39, 0.29) is 0 Å². The standard InChI is InChI=1S/C16H18N2/c1-3-4-5-9-15(17-2)14-11-12-18-16-10-7-6-8-13(14)16/h1,6-8,10-12,15,17H,4-5,9H2,2H3. The first kappa shape index (κ1) is 12.6. The van der Waals surface area contributed by atoms with Crippen molar-refractivity contribution in [1.29, 1.82) is 0 Å². The van der Waals surface area contributed by atoms with Crippen molar-refractivity contribution >= 4 is 10.9 Å². The molecule has 0 aliphatic rings. The summed E-state index contributed by atoms with van der Waals surface area (Å²) in [6, 6.07) is 10.7. The van der Waals surface area contributed by atoms with Gasteiger partial charge in [-0.2, -0.15) is 0 Å². The molecule has 0 amide bonds. The second kappa shape index (κ2) is 6.18. The van der Waals surface area contributed by atoms with Crippen LogP contribution in [-0.2, 0) is 0 Å². The summed E-state index contributed by atoms with van der Waals surface area (Å²) in [5, 5.41) is 4.60. The number of benzene rings is 1. The van der Waals surface area contributed by atoms with Crippen molar-refractivity contribution in [1.82, 2.24) is 10.3 Å². The van der Waals surface area contributed by atoms with Crippen molar-refractivity contribution in [2.45, 2.75) is 25.3 Å². The van der Waals surface area contributed by atoms with Gasteiger partial charge >= 0.3 is 0 Å². The molecule has 1 N–H and O–H groups in total. The first-order valence-electron chi connectivity index (χ1n) is 6.31. The average Bonchev–Trinajstić information content (AvgIpc) is 2.43. The second-order valence-electron chi connectivity index (χ2n) is 4.35. The quantitative estimate of drug-likeness (QED) is 0.638. The van der Waals surface area contributed by atoms with Gasteiger partial charge in [0, 0.05) is 24.0 Å². The lowest BCUT2D eigenvalue weighted by Gasteiger charge is -2.18. The van der Waals surface area contributed by atoms with Crippen LogP contribution in [0.5, 0.6) is 0 Å². The Hall–Kier alpha value is -1.85. The highest BCUT2D eigenvalue weighted by atomic mass is 14.9. The van der Waals surface area contributed by atoms with Crippen LogP contribution in [0.2, 0.25) is 0 Å². The molecule has 1 aromatic carbocycles. The van der Waals surface area contributed by atoms with Crippen LogP contribution < -0.4 is 5.32 Å². The Bertz CT molecular complexity index is 549. The second-order valence-corrected chi connectivity index (χ2v) is 4.35. The van der Waals surface area contributed by atoms with Crippen molar-refractivity contribution in [3.8, 4) is 12.3 Å². The molecule has 0 radical (unpaired) electrons. The number of aromatic nitrogens is 1. The molecule has 0 spiro atoms. The summed E-state index contributed by atoms with van der Waals surface area (Å²) >= 11 is 0. The van der Waals surface area contributed by atoms with Crippen LogP contribution in [0.4, 0.5) is 0 Å². The van der Waals surface area contributed by atoms with Gasteiger partial charge in [0.05, 0.1) is 5.52 Å². The highest BCUT2D eigenvalue weighted by Gasteiger charge is 2.11. The van der Waals surface area contributed by atoms with Crippen molar-refractivity contribution in [2.24, 2.45) is 0 Å². The molecule has 0 aliphatic heterocycles. The zero-order valence-electron chi connectivity index (χ0n) is 10.7. The molecule has 2 rings (SSSR count). The van der Waals surface area contributed by atoms with E-state index in [9.17, 15) is 0 Å². The Morgan fingerprint density at radius 1 is 1.33 bits per heavy atom. The first-order valence-corrected chi connectivity index (χ1v) is 6.31. The summed E-state index contributed by atoms with van der Waals surface area (Å²) in [5.41, 5.74) is 2.35. The number of nitrogens with one attached hydrogen (secondary N) is 1. The Labute approximate surface area is 108 Å². The molecular weight excluding hydrogens is 220 g/mol. The Balaban J connectivity index is 2.30. The number of nitrogens with zero attached hydrogens (tertiary/aromatic N) is 1. The van der Waals surface area contributed by atoms with E-state index < -0.39 is 0 Å². The van der Waals surface area contributed by atoms with E-state index in [1.54, 1.807) is 0 Å². The fraction of sp³-hybridized carbons (Fsp3) is 0.312. The van der Waals surface area contributed by atoms with Crippen LogP contribution in [-0.4, -0.2) is 12.0 Å². The SMILES string of the molecule is C#CCCCC(NC)c1ccnc2ccccc12. The van der Waals surface area contributed by atoms with Crippen LogP contribution in [0, 0.1) is 12.3 Å². The molecule has 0 saturated heterocycles. The molecule has 2 aromatic rings. The van der Waals surface area contributed by atoms with Gasteiger partial charge in [0.1, 0.15) is 0 Å². The maximum atomic E-state index is 5.31. The third-order valence-electron chi connectivity index (χ3n) is 3.22.